The number of hydrogen-bond donors (Lipinski definition) is 2. The Morgan fingerprint density at radius 1 is 1.42 bits per heavy atom. The van der Waals surface area contributed by atoms with Crippen molar-refractivity contribution in [2.75, 3.05) is 19.3 Å². The summed E-state index contributed by atoms with van der Waals surface area (Å²) in [6.07, 6.45) is 4.66. The second-order valence-electron chi connectivity index (χ2n) is 6.23. The van der Waals surface area contributed by atoms with Gasteiger partial charge in [-0.2, -0.15) is 5.10 Å². The second-order valence-corrected chi connectivity index (χ2v) is 8.93. The van der Waals surface area contributed by atoms with Crippen molar-refractivity contribution in [1.82, 2.24) is 20.4 Å². The van der Waals surface area contributed by atoms with Crippen LogP contribution in [0.4, 0.5) is 0 Å². The number of nitrogens with one attached hydrogen (secondary N) is 2. The van der Waals surface area contributed by atoms with Crippen molar-refractivity contribution >= 4 is 21.4 Å². The van der Waals surface area contributed by atoms with Crippen molar-refractivity contribution in [3.8, 4) is 5.69 Å². The molecular weight excluding hydrogens is 348 g/mol. The molecule has 6 nitrogen and oxygen atoms in total. The number of halogens is 1. The first kappa shape index (κ1) is 17.4. The van der Waals surface area contributed by atoms with Crippen LogP contribution >= 0.6 is 11.6 Å². The van der Waals surface area contributed by atoms with Gasteiger partial charge in [0, 0.05) is 38.1 Å². The van der Waals surface area contributed by atoms with E-state index in [2.05, 4.69) is 15.7 Å². The molecule has 1 aromatic heterocycles. The van der Waals surface area contributed by atoms with Crippen molar-refractivity contribution in [2.45, 2.75) is 24.8 Å². The topological polar surface area (TPSA) is 76.0 Å². The lowest BCUT2D eigenvalue weighted by Crippen LogP contribution is -2.42. The molecule has 2 N–H and O–H groups in total. The van der Waals surface area contributed by atoms with Crippen LogP contribution < -0.4 is 10.6 Å². The van der Waals surface area contributed by atoms with Gasteiger partial charge in [-0.1, -0.05) is 17.7 Å². The highest BCUT2D eigenvalue weighted by Gasteiger charge is 2.34. The van der Waals surface area contributed by atoms with Gasteiger partial charge in [-0.15, -0.1) is 0 Å². The first-order valence-corrected chi connectivity index (χ1v) is 10.1. The maximum absolute atomic E-state index is 11.8. The molecule has 1 aromatic carbocycles. The van der Waals surface area contributed by atoms with Crippen LogP contribution in [-0.4, -0.2) is 48.8 Å². The van der Waals surface area contributed by atoms with Gasteiger partial charge < -0.3 is 10.6 Å². The summed E-state index contributed by atoms with van der Waals surface area (Å²) in [7, 11) is -3.06. The lowest BCUT2D eigenvalue weighted by atomic mass is 10.1. The van der Waals surface area contributed by atoms with Gasteiger partial charge in [-0.05, 0) is 30.2 Å². The van der Waals surface area contributed by atoms with E-state index in [1.807, 2.05) is 25.1 Å². The zero-order chi connectivity index (χ0) is 17.3. The Morgan fingerprint density at radius 3 is 2.83 bits per heavy atom. The van der Waals surface area contributed by atoms with Crippen LogP contribution in [-0.2, 0) is 16.4 Å². The molecule has 0 bridgehead atoms. The average Bonchev–Trinajstić information content (AvgIpc) is 3.14. The van der Waals surface area contributed by atoms with Crippen molar-refractivity contribution in [2.24, 2.45) is 0 Å². The van der Waals surface area contributed by atoms with E-state index in [1.165, 1.54) is 6.26 Å². The first-order chi connectivity index (χ1) is 11.3. The van der Waals surface area contributed by atoms with Crippen LogP contribution in [0, 0.1) is 6.92 Å². The van der Waals surface area contributed by atoms with E-state index in [1.54, 1.807) is 17.1 Å². The highest BCUT2D eigenvalue weighted by molar-refractivity contribution is 7.91. The minimum absolute atomic E-state index is 0.0657. The van der Waals surface area contributed by atoms with Gasteiger partial charge in [0.05, 0.1) is 22.2 Å². The maximum Gasteiger partial charge on any atom is 0.153 e. The summed E-state index contributed by atoms with van der Waals surface area (Å²) in [4.78, 5) is 0. The third kappa shape index (κ3) is 3.80. The Labute approximate surface area is 147 Å². The van der Waals surface area contributed by atoms with Gasteiger partial charge in [0.15, 0.2) is 9.84 Å². The average molecular weight is 369 g/mol. The molecule has 1 aliphatic heterocycles. The van der Waals surface area contributed by atoms with Crippen LogP contribution in [0.1, 0.15) is 11.1 Å². The van der Waals surface area contributed by atoms with Crippen LogP contribution in [0.15, 0.2) is 30.6 Å². The standard InChI is InChI=1S/C16H21ClN4O2S/c1-11-5-14(21-10-13(17)7-20-21)4-3-12(11)6-19-15-8-18-9-16(15)24(2,22)23/h3-5,7,10,15-16,18-19H,6,8-9H2,1-2H3/t15-,16-/m1/s1. The molecule has 8 heteroatoms. The van der Waals surface area contributed by atoms with E-state index in [4.69, 9.17) is 11.6 Å². The summed E-state index contributed by atoms with van der Waals surface area (Å²) in [6, 6.07) is 5.99. The van der Waals surface area contributed by atoms with Gasteiger partial charge in [0.1, 0.15) is 0 Å². The molecule has 1 fully saturated rings. The smallest absolute Gasteiger partial charge is 0.153 e. The van der Waals surface area contributed by atoms with E-state index in [9.17, 15) is 8.42 Å². The van der Waals surface area contributed by atoms with Gasteiger partial charge >= 0.3 is 0 Å². The molecule has 0 spiro atoms. The molecule has 24 heavy (non-hydrogen) atoms. The third-order valence-corrected chi connectivity index (χ3v) is 6.20. The molecule has 3 rings (SSSR count). The number of aryl methyl sites for hydroxylation is 1. The van der Waals surface area contributed by atoms with E-state index < -0.39 is 9.84 Å². The van der Waals surface area contributed by atoms with E-state index in [-0.39, 0.29) is 11.3 Å². The Morgan fingerprint density at radius 2 is 2.21 bits per heavy atom. The number of benzene rings is 1. The van der Waals surface area contributed by atoms with Crippen molar-refractivity contribution in [1.29, 1.82) is 0 Å². The first-order valence-electron chi connectivity index (χ1n) is 7.77. The number of aromatic nitrogens is 2. The molecule has 130 valence electrons. The molecule has 2 heterocycles. The summed E-state index contributed by atoms with van der Waals surface area (Å²) in [6.45, 7) is 3.84. The van der Waals surface area contributed by atoms with Gasteiger partial charge in [0.25, 0.3) is 0 Å². The quantitative estimate of drug-likeness (QED) is 0.832. The normalized spacial score (nSPS) is 21.3. The molecule has 0 saturated carbocycles. The predicted octanol–water partition coefficient (Wildman–Crippen LogP) is 1.31. The lowest BCUT2D eigenvalue weighted by Gasteiger charge is -2.19. The molecule has 0 unspecified atom stereocenters. The minimum atomic E-state index is -3.06. The summed E-state index contributed by atoms with van der Waals surface area (Å²) in [5.41, 5.74) is 3.20. The largest absolute Gasteiger partial charge is 0.314 e. The van der Waals surface area contributed by atoms with Gasteiger partial charge in [0.2, 0.25) is 0 Å². The Kier molecular flexibility index (Phi) is 4.96. The fourth-order valence-electron chi connectivity index (χ4n) is 3.01. The van der Waals surface area contributed by atoms with Gasteiger partial charge in [-0.25, -0.2) is 13.1 Å². The molecule has 1 saturated heterocycles. The van der Waals surface area contributed by atoms with E-state index >= 15 is 0 Å². The van der Waals surface area contributed by atoms with E-state index in [0.717, 1.165) is 16.8 Å². The predicted molar refractivity (Wildman–Crippen MR) is 95.4 cm³/mol. The highest BCUT2D eigenvalue weighted by atomic mass is 35.5. The van der Waals surface area contributed by atoms with E-state index in [0.29, 0.717) is 24.7 Å². The SMILES string of the molecule is Cc1cc(-n2cc(Cl)cn2)ccc1CN[C@@H]1CNC[C@H]1S(C)(=O)=O. The van der Waals surface area contributed by atoms with Crippen LogP contribution in [0.3, 0.4) is 0 Å². The Hall–Kier alpha value is -1.41. The third-order valence-electron chi connectivity index (χ3n) is 4.41. The molecule has 0 aliphatic carbocycles. The summed E-state index contributed by atoms with van der Waals surface area (Å²) >= 11 is 5.91. The second kappa shape index (κ2) is 6.84. The van der Waals surface area contributed by atoms with Crippen molar-refractivity contribution in [3.05, 3.63) is 46.7 Å². The highest BCUT2D eigenvalue weighted by Crippen LogP contribution is 2.17. The number of nitrogens with zero attached hydrogens (tertiary/aromatic N) is 2. The van der Waals surface area contributed by atoms with Crippen molar-refractivity contribution in [3.63, 3.8) is 0 Å². The molecular formula is C16H21ClN4O2S. The number of sulfone groups is 1. The molecule has 1 aliphatic rings. The lowest BCUT2D eigenvalue weighted by molar-refractivity contribution is 0.525. The zero-order valence-corrected chi connectivity index (χ0v) is 15.2. The molecule has 2 atom stereocenters. The monoisotopic (exact) mass is 368 g/mol. The Balaban J connectivity index is 1.70. The summed E-state index contributed by atoms with van der Waals surface area (Å²) < 4.78 is 25.4. The number of rotatable bonds is 5. The molecule has 0 amide bonds. The van der Waals surface area contributed by atoms with Crippen LogP contribution in [0.2, 0.25) is 5.02 Å². The van der Waals surface area contributed by atoms with Crippen LogP contribution in [0.25, 0.3) is 5.69 Å². The fourth-order valence-corrected chi connectivity index (χ4v) is 4.36. The summed E-state index contributed by atoms with van der Waals surface area (Å²) in [5, 5.41) is 10.9. The Bertz CT molecular complexity index is 834. The molecule has 0 radical (unpaired) electrons. The summed E-state index contributed by atoms with van der Waals surface area (Å²) in [5.74, 6) is 0. The fraction of sp³-hybridized carbons (Fsp3) is 0.438. The molecule has 2 aromatic rings. The maximum atomic E-state index is 11.8. The zero-order valence-electron chi connectivity index (χ0n) is 13.7. The van der Waals surface area contributed by atoms with Crippen molar-refractivity contribution < 1.29 is 8.42 Å². The van der Waals surface area contributed by atoms with Gasteiger partial charge in [-0.3, -0.25) is 0 Å². The number of hydrogen-bond acceptors (Lipinski definition) is 5. The minimum Gasteiger partial charge on any atom is -0.314 e. The van der Waals surface area contributed by atoms with Crippen LogP contribution in [0.5, 0.6) is 0 Å².